The van der Waals surface area contributed by atoms with Crippen molar-refractivity contribution >= 4 is 30.5 Å². The Kier molecular flexibility index (Phi) is 10.5. The summed E-state index contributed by atoms with van der Waals surface area (Å²) in [7, 11) is 0. The number of alkyl carbamates (subject to hydrolysis) is 1. The van der Waals surface area contributed by atoms with Crippen molar-refractivity contribution in [3.63, 3.8) is 0 Å². The second-order valence-electron chi connectivity index (χ2n) is 10.6. The molecule has 2 N–H and O–H groups in total. The van der Waals surface area contributed by atoms with E-state index in [1.165, 1.54) is 0 Å². The number of hydrogen-bond donors (Lipinski definition) is 3. The van der Waals surface area contributed by atoms with Crippen molar-refractivity contribution in [2.24, 2.45) is 5.92 Å². The van der Waals surface area contributed by atoms with E-state index in [0.717, 1.165) is 42.4 Å². The van der Waals surface area contributed by atoms with Gasteiger partial charge in [-0.2, -0.15) is 12.6 Å². The SMILES string of the molecule is CCCCCNC(=O)C(c1cccc(C)c1C)N(C(=O)C(CS)NC(=O)OC(C)(C)C)C1CC1C. The van der Waals surface area contributed by atoms with Crippen LogP contribution in [0.2, 0.25) is 0 Å². The lowest BCUT2D eigenvalue weighted by Crippen LogP contribution is -2.55. The van der Waals surface area contributed by atoms with Gasteiger partial charge in [0.2, 0.25) is 11.8 Å². The van der Waals surface area contributed by atoms with Crippen LogP contribution < -0.4 is 10.6 Å². The number of thiol groups is 1. The Hall–Kier alpha value is -2.22. The molecule has 0 aromatic heterocycles. The van der Waals surface area contributed by atoms with Crippen molar-refractivity contribution in [3.05, 3.63) is 34.9 Å². The van der Waals surface area contributed by atoms with Crippen LogP contribution in [0.1, 0.15) is 83.0 Å². The molecule has 1 aromatic rings. The molecule has 8 heteroatoms. The lowest BCUT2D eigenvalue weighted by molar-refractivity contribution is -0.143. The van der Waals surface area contributed by atoms with Gasteiger partial charge < -0.3 is 20.3 Å². The van der Waals surface area contributed by atoms with Gasteiger partial charge in [-0.3, -0.25) is 9.59 Å². The second kappa shape index (κ2) is 12.7. The first-order valence-electron chi connectivity index (χ1n) is 12.7. The van der Waals surface area contributed by atoms with Crippen LogP contribution in [0.15, 0.2) is 18.2 Å². The fraction of sp³-hybridized carbons (Fsp3) is 0.667. The number of ether oxygens (including phenoxy) is 1. The number of carbonyl (C=O) groups is 3. The minimum absolute atomic E-state index is 0.0865. The van der Waals surface area contributed by atoms with E-state index in [1.54, 1.807) is 25.7 Å². The highest BCUT2D eigenvalue weighted by atomic mass is 32.1. The molecular weight excluding hydrogens is 462 g/mol. The summed E-state index contributed by atoms with van der Waals surface area (Å²) in [6.07, 6.45) is 3.09. The number of unbranched alkanes of at least 4 members (excludes halogenated alkanes) is 2. The molecule has 2 rings (SSSR count). The Morgan fingerprint density at radius 1 is 1.20 bits per heavy atom. The van der Waals surface area contributed by atoms with Crippen LogP contribution in [0.5, 0.6) is 0 Å². The van der Waals surface area contributed by atoms with Crippen molar-refractivity contribution in [1.29, 1.82) is 0 Å². The number of rotatable bonds is 11. The summed E-state index contributed by atoms with van der Waals surface area (Å²) in [5.41, 5.74) is 2.15. The third-order valence-electron chi connectivity index (χ3n) is 6.40. The van der Waals surface area contributed by atoms with E-state index in [4.69, 9.17) is 4.74 Å². The zero-order valence-electron chi connectivity index (χ0n) is 22.3. The lowest BCUT2D eigenvalue weighted by Gasteiger charge is -2.35. The first-order chi connectivity index (χ1) is 16.4. The molecule has 0 radical (unpaired) electrons. The van der Waals surface area contributed by atoms with Crippen molar-refractivity contribution in [2.45, 2.75) is 97.9 Å². The summed E-state index contributed by atoms with van der Waals surface area (Å²) < 4.78 is 5.37. The zero-order chi connectivity index (χ0) is 26.3. The quantitative estimate of drug-likeness (QED) is 0.300. The summed E-state index contributed by atoms with van der Waals surface area (Å²) in [6.45, 7) is 14.0. The molecule has 0 spiro atoms. The predicted molar refractivity (Wildman–Crippen MR) is 143 cm³/mol. The number of hydrogen-bond acceptors (Lipinski definition) is 5. The highest BCUT2D eigenvalue weighted by molar-refractivity contribution is 7.80. The molecule has 1 saturated carbocycles. The Bertz CT molecular complexity index is 899. The van der Waals surface area contributed by atoms with E-state index in [1.807, 2.05) is 32.0 Å². The molecule has 0 aliphatic heterocycles. The van der Waals surface area contributed by atoms with Crippen molar-refractivity contribution < 1.29 is 19.1 Å². The fourth-order valence-corrected chi connectivity index (χ4v) is 4.41. The van der Waals surface area contributed by atoms with Gasteiger partial charge in [0, 0.05) is 18.3 Å². The van der Waals surface area contributed by atoms with E-state index in [-0.39, 0.29) is 29.5 Å². The van der Waals surface area contributed by atoms with Crippen LogP contribution >= 0.6 is 12.6 Å². The Morgan fingerprint density at radius 2 is 1.86 bits per heavy atom. The summed E-state index contributed by atoms with van der Waals surface area (Å²) in [4.78, 5) is 41.7. The number of nitrogens with one attached hydrogen (secondary N) is 2. The number of carbonyl (C=O) groups excluding carboxylic acids is 3. The molecule has 0 heterocycles. The normalized spacial score (nSPS) is 18.9. The third-order valence-corrected chi connectivity index (χ3v) is 6.76. The van der Waals surface area contributed by atoms with Gasteiger partial charge in [0.1, 0.15) is 17.7 Å². The summed E-state index contributed by atoms with van der Waals surface area (Å²) in [5.74, 6) is -0.165. The molecule has 196 valence electrons. The summed E-state index contributed by atoms with van der Waals surface area (Å²) in [6, 6.07) is 4.05. The minimum Gasteiger partial charge on any atom is -0.444 e. The Balaban J connectivity index is 2.42. The van der Waals surface area contributed by atoms with Gasteiger partial charge in [-0.25, -0.2) is 4.79 Å². The zero-order valence-corrected chi connectivity index (χ0v) is 23.2. The van der Waals surface area contributed by atoms with Crippen molar-refractivity contribution in [2.75, 3.05) is 12.3 Å². The van der Waals surface area contributed by atoms with E-state index < -0.39 is 23.8 Å². The van der Waals surface area contributed by atoms with Crippen LogP contribution in [0.25, 0.3) is 0 Å². The predicted octanol–water partition coefficient (Wildman–Crippen LogP) is 4.71. The first-order valence-corrected chi connectivity index (χ1v) is 13.3. The highest BCUT2D eigenvalue weighted by Crippen LogP contribution is 2.41. The molecule has 1 aromatic carbocycles. The smallest absolute Gasteiger partial charge is 0.408 e. The number of amides is 3. The molecule has 1 fully saturated rings. The molecule has 1 aliphatic rings. The van der Waals surface area contributed by atoms with Gasteiger partial charge in [-0.15, -0.1) is 0 Å². The van der Waals surface area contributed by atoms with Crippen molar-refractivity contribution in [1.82, 2.24) is 15.5 Å². The van der Waals surface area contributed by atoms with E-state index in [9.17, 15) is 14.4 Å². The second-order valence-corrected chi connectivity index (χ2v) is 11.0. The van der Waals surface area contributed by atoms with Gasteiger partial charge in [-0.05, 0) is 70.1 Å². The highest BCUT2D eigenvalue weighted by Gasteiger charge is 2.48. The maximum Gasteiger partial charge on any atom is 0.408 e. The van der Waals surface area contributed by atoms with Crippen LogP contribution in [-0.4, -0.2) is 52.8 Å². The molecule has 0 saturated heterocycles. The van der Waals surface area contributed by atoms with Crippen LogP contribution in [-0.2, 0) is 14.3 Å². The standard InChI is InChI=1S/C27H43N3O4S/c1-8-9-10-14-28-24(31)23(20-13-11-12-17(2)19(20)4)30(22-15-18(22)3)25(32)21(16-35)29-26(33)34-27(5,6)7/h11-13,18,21-23,35H,8-10,14-16H2,1-7H3,(H,28,31)(H,29,33). The van der Waals surface area contributed by atoms with Crippen LogP contribution in [0.3, 0.4) is 0 Å². The average molecular weight is 506 g/mol. The molecule has 1 aliphatic carbocycles. The lowest BCUT2D eigenvalue weighted by atomic mass is 9.94. The molecule has 35 heavy (non-hydrogen) atoms. The third kappa shape index (κ3) is 8.16. The monoisotopic (exact) mass is 505 g/mol. The topological polar surface area (TPSA) is 87.7 Å². The molecule has 7 nitrogen and oxygen atoms in total. The van der Waals surface area contributed by atoms with Gasteiger partial charge in [0.15, 0.2) is 0 Å². The maximum atomic E-state index is 13.9. The Labute approximate surface area is 216 Å². The molecule has 4 atom stereocenters. The van der Waals surface area contributed by atoms with Crippen LogP contribution in [0.4, 0.5) is 4.79 Å². The number of benzene rings is 1. The van der Waals surface area contributed by atoms with E-state index >= 15 is 0 Å². The number of aryl methyl sites for hydroxylation is 1. The van der Waals surface area contributed by atoms with Crippen molar-refractivity contribution in [3.8, 4) is 0 Å². The molecular formula is C27H43N3O4S. The summed E-state index contributed by atoms with van der Waals surface area (Å²) >= 11 is 4.35. The fourth-order valence-electron chi connectivity index (χ4n) is 4.16. The largest absolute Gasteiger partial charge is 0.444 e. The van der Waals surface area contributed by atoms with Crippen LogP contribution in [0, 0.1) is 19.8 Å². The molecule has 4 unspecified atom stereocenters. The van der Waals surface area contributed by atoms with E-state index in [2.05, 4.69) is 37.1 Å². The van der Waals surface area contributed by atoms with E-state index in [0.29, 0.717) is 6.54 Å². The van der Waals surface area contributed by atoms with Gasteiger partial charge in [0.05, 0.1) is 0 Å². The first kappa shape index (κ1) is 29.0. The summed E-state index contributed by atoms with van der Waals surface area (Å²) in [5, 5.41) is 5.73. The number of nitrogens with zero attached hydrogens (tertiary/aromatic N) is 1. The molecule has 3 amide bonds. The molecule has 0 bridgehead atoms. The maximum absolute atomic E-state index is 13.9. The Morgan fingerprint density at radius 3 is 2.40 bits per heavy atom. The van der Waals surface area contributed by atoms with Gasteiger partial charge >= 0.3 is 6.09 Å². The average Bonchev–Trinajstić information content (AvgIpc) is 3.49. The van der Waals surface area contributed by atoms with Gasteiger partial charge in [0.25, 0.3) is 0 Å². The van der Waals surface area contributed by atoms with Gasteiger partial charge in [-0.1, -0.05) is 44.9 Å². The minimum atomic E-state index is -0.915.